The van der Waals surface area contributed by atoms with E-state index in [2.05, 4.69) is 4.98 Å². The van der Waals surface area contributed by atoms with E-state index < -0.39 is 39.4 Å². The van der Waals surface area contributed by atoms with Crippen LogP contribution in [0.15, 0.2) is 52.3 Å². The van der Waals surface area contributed by atoms with Gasteiger partial charge in [-0.15, -0.1) is 0 Å². The molecule has 0 saturated heterocycles. The fourth-order valence-corrected chi connectivity index (χ4v) is 5.88. The molecule has 0 unspecified atom stereocenters. The predicted molar refractivity (Wildman–Crippen MR) is 127 cm³/mol. The zero-order valence-corrected chi connectivity index (χ0v) is 20.8. The third kappa shape index (κ3) is 4.03. The van der Waals surface area contributed by atoms with E-state index in [4.69, 9.17) is 9.47 Å². The second-order valence-corrected chi connectivity index (χ2v) is 10.2. The van der Waals surface area contributed by atoms with Gasteiger partial charge < -0.3 is 14.5 Å². The Balaban J connectivity index is 1.60. The van der Waals surface area contributed by atoms with Crippen molar-refractivity contribution in [3.05, 3.63) is 81.7 Å². The van der Waals surface area contributed by atoms with Crippen LogP contribution >= 0.6 is 0 Å². The number of benzene rings is 2. The Bertz CT molecular complexity index is 1550. The summed E-state index contributed by atoms with van der Waals surface area (Å²) in [6, 6.07) is 9.48. The largest absolute Gasteiger partial charge is 0.462 e. The van der Waals surface area contributed by atoms with Crippen molar-refractivity contribution in [3.63, 3.8) is 0 Å². The van der Waals surface area contributed by atoms with Crippen LogP contribution in [-0.2, 0) is 19.3 Å². The molecule has 1 aliphatic heterocycles. The third-order valence-corrected chi connectivity index (χ3v) is 7.84. The summed E-state index contributed by atoms with van der Waals surface area (Å²) in [7, 11) is -4.04. The highest BCUT2D eigenvalue weighted by Gasteiger charge is 2.35. The van der Waals surface area contributed by atoms with Gasteiger partial charge >= 0.3 is 11.9 Å². The lowest BCUT2D eigenvalue weighted by atomic mass is 10.0. The molecular formula is C26H23NO8S. The summed E-state index contributed by atoms with van der Waals surface area (Å²) in [6.07, 6.45) is -1.25. The van der Waals surface area contributed by atoms with Gasteiger partial charge in [-0.3, -0.25) is 9.59 Å². The van der Waals surface area contributed by atoms with Gasteiger partial charge in [0.2, 0.25) is 15.6 Å². The number of aromatic amines is 1. The molecule has 0 amide bonds. The molecule has 0 spiro atoms. The van der Waals surface area contributed by atoms with E-state index in [0.717, 1.165) is 6.07 Å². The summed E-state index contributed by atoms with van der Waals surface area (Å²) in [4.78, 5) is 53.2. The van der Waals surface area contributed by atoms with Crippen molar-refractivity contribution in [1.82, 2.24) is 4.98 Å². The number of rotatable bonds is 6. The third-order valence-electron chi connectivity index (χ3n) is 5.99. The molecule has 0 radical (unpaired) electrons. The van der Waals surface area contributed by atoms with Crippen LogP contribution in [0.25, 0.3) is 0 Å². The molecule has 0 aliphatic carbocycles. The summed E-state index contributed by atoms with van der Waals surface area (Å²) in [6.45, 7) is 6.42. The van der Waals surface area contributed by atoms with Gasteiger partial charge in [-0.2, -0.15) is 0 Å². The summed E-state index contributed by atoms with van der Waals surface area (Å²) in [5, 5.41) is 0. The SMILES string of the molecule is CCOC(=O)c1c(C)[nH]c(C(=O)[C@@H](C)OC(=O)c2ccc3c(c2)S(=O)(=O)c2ccccc2C3=O)c1C. The van der Waals surface area contributed by atoms with Gasteiger partial charge in [0.1, 0.15) is 0 Å². The van der Waals surface area contributed by atoms with Gasteiger partial charge in [0.25, 0.3) is 0 Å². The number of nitrogens with one attached hydrogen (secondary N) is 1. The first kappa shape index (κ1) is 25.1. The van der Waals surface area contributed by atoms with E-state index in [9.17, 15) is 27.6 Å². The monoisotopic (exact) mass is 509 g/mol. The molecule has 1 aliphatic rings. The Kier molecular flexibility index (Phi) is 6.40. The Hall–Kier alpha value is -4.05. The minimum Gasteiger partial charge on any atom is -0.462 e. The number of carbonyl (C=O) groups is 4. The van der Waals surface area contributed by atoms with Crippen LogP contribution in [0.3, 0.4) is 0 Å². The van der Waals surface area contributed by atoms with Crippen molar-refractivity contribution < 1.29 is 37.1 Å². The van der Waals surface area contributed by atoms with Gasteiger partial charge in [0.05, 0.1) is 33.2 Å². The average Bonchev–Trinajstić information content (AvgIpc) is 3.15. The molecule has 0 bridgehead atoms. The van der Waals surface area contributed by atoms with E-state index in [-0.39, 0.29) is 44.3 Å². The molecule has 1 N–H and O–H groups in total. The number of H-pyrrole nitrogens is 1. The summed E-state index contributed by atoms with van der Waals surface area (Å²) >= 11 is 0. The first-order valence-electron chi connectivity index (χ1n) is 11.1. The average molecular weight is 510 g/mol. The zero-order valence-electron chi connectivity index (χ0n) is 20.0. The fraction of sp³-hybridized carbons (Fsp3) is 0.231. The number of ether oxygens (including phenoxy) is 2. The van der Waals surface area contributed by atoms with E-state index in [1.807, 2.05) is 0 Å². The first-order chi connectivity index (χ1) is 17.0. The molecule has 0 fully saturated rings. The normalized spacial score (nSPS) is 14.4. The number of hydrogen-bond acceptors (Lipinski definition) is 8. The highest BCUT2D eigenvalue weighted by Crippen LogP contribution is 2.35. The van der Waals surface area contributed by atoms with Gasteiger partial charge in [-0.05, 0) is 63.6 Å². The molecule has 36 heavy (non-hydrogen) atoms. The number of aromatic nitrogens is 1. The Morgan fingerprint density at radius 2 is 1.64 bits per heavy atom. The molecule has 186 valence electrons. The van der Waals surface area contributed by atoms with E-state index >= 15 is 0 Å². The highest BCUT2D eigenvalue weighted by atomic mass is 32.2. The van der Waals surface area contributed by atoms with Crippen molar-refractivity contribution in [2.45, 2.75) is 43.6 Å². The second kappa shape index (κ2) is 9.19. The maximum Gasteiger partial charge on any atom is 0.340 e. The number of esters is 2. The van der Waals surface area contributed by atoms with Crippen LogP contribution in [0.2, 0.25) is 0 Å². The van der Waals surface area contributed by atoms with Crippen molar-refractivity contribution >= 4 is 33.3 Å². The Morgan fingerprint density at radius 3 is 2.33 bits per heavy atom. The van der Waals surface area contributed by atoms with E-state index in [1.54, 1.807) is 26.8 Å². The molecule has 1 aromatic heterocycles. The van der Waals surface area contributed by atoms with Gasteiger partial charge in [0, 0.05) is 16.8 Å². The molecular weight excluding hydrogens is 486 g/mol. The molecule has 3 aromatic rings. The topological polar surface area (TPSA) is 137 Å². The number of ketones is 2. The van der Waals surface area contributed by atoms with Crippen molar-refractivity contribution in [3.8, 4) is 0 Å². The van der Waals surface area contributed by atoms with Gasteiger partial charge in [-0.1, -0.05) is 12.1 Å². The number of aryl methyl sites for hydroxylation is 1. The van der Waals surface area contributed by atoms with Crippen molar-refractivity contribution in [2.75, 3.05) is 6.61 Å². The minimum absolute atomic E-state index is 0.0432. The molecule has 1 atom stereocenters. The molecule has 9 nitrogen and oxygen atoms in total. The Morgan fingerprint density at radius 1 is 0.972 bits per heavy atom. The van der Waals surface area contributed by atoms with Crippen LogP contribution in [0, 0.1) is 13.8 Å². The summed E-state index contributed by atoms with van der Waals surface area (Å²) < 4.78 is 36.6. The maximum absolute atomic E-state index is 13.1. The lowest BCUT2D eigenvalue weighted by Gasteiger charge is -2.19. The minimum atomic E-state index is -4.04. The molecule has 10 heteroatoms. The Labute approximate surface area is 207 Å². The lowest BCUT2D eigenvalue weighted by molar-refractivity contribution is 0.0316. The van der Waals surface area contributed by atoms with Crippen LogP contribution in [-0.4, -0.2) is 49.6 Å². The smallest absolute Gasteiger partial charge is 0.340 e. The van der Waals surface area contributed by atoms with Gasteiger partial charge in [0.15, 0.2) is 11.9 Å². The second-order valence-electron chi connectivity index (χ2n) is 8.30. The first-order valence-corrected chi connectivity index (χ1v) is 12.6. The molecule has 4 rings (SSSR count). The lowest BCUT2D eigenvalue weighted by Crippen LogP contribution is -2.26. The van der Waals surface area contributed by atoms with Crippen molar-refractivity contribution in [2.24, 2.45) is 0 Å². The molecule has 0 saturated carbocycles. The van der Waals surface area contributed by atoms with Crippen LogP contribution in [0.1, 0.15) is 72.2 Å². The highest BCUT2D eigenvalue weighted by molar-refractivity contribution is 7.91. The van der Waals surface area contributed by atoms with Crippen LogP contribution in [0.5, 0.6) is 0 Å². The van der Waals surface area contributed by atoms with E-state index in [1.165, 1.54) is 37.3 Å². The predicted octanol–water partition coefficient (Wildman–Crippen LogP) is 3.61. The fourth-order valence-electron chi connectivity index (χ4n) is 4.20. The van der Waals surface area contributed by atoms with Crippen molar-refractivity contribution in [1.29, 1.82) is 0 Å². The van der Waals surface area contributed by atoms with Crippen LogP contribution < -0.4 is 0 Å². The summed E-state index contributed by atoms with van der Waals surface area (Å²) in [5.41, 5.74) is 1.05. The number of carbonyl (C=O) groups excluding carboxylic acids is 4. The number of hydrogen-bond donors (Lipinski definition) is 1. The van der Waals surface area contributed by atoms with E-state index in [0.29, 0.717) is 11.3 Å². The molecule has 2 heterocycles. The number of fused-ring (bicyclic) bond motifs is 2. The maximum atomic E-state index is 13.1. The summed E-state index contributed by atoms with van der Waals surface area (Å²) in [5.74, 6) is -2.55. The number of sulfone groups is 1. The number of Topliss-reactive ketones (excluding diaryl/α,β-unsaturated/α-hetero) is 1. The van der Waals surface area contributed by atoms with Crippen LogP contribution in [0.4, 0.5) is 0 Å². The van der Waals surface area contributed by atoms with Gasteiger partial charge in [-0.25, -0.2) is 18.0 Å². The molecule has 2 aromatic carbocycles. The quantitative estimate of drug-likeness (QED) is 0.307. The zero-order chi connectivity index (χ0) is 26.4. The standard InChI is InChI=1S/C26H23NO8S/c1-5-34-26(31)21-13(2)22(27-14(21)3)23(28)15(4)35-25(30)16-10-11-18-20(12-16)36(32,33)19-9-7-6-8-17(19)24(18)29/h6-12,15,27H,5H2,1-4H3/t15-/m1/s1.